The van der Waals surface area contributed by atoms with Crippen LogP contribution in [0.3, 0.4) is 0 Å². The lowest BCUT2D eigenvalue weighted by Gasteiger charge is -2.13. The van der Waals surface area contributed by atoms with Crippen LogP contribution in [0.4, 0.5) is 5.82 Å². The standard InChI is InChI=1S/C25H25N5O3/c1-4-12-27-24(31)19-15-20-23(28-22-16(2)6-5-13-30(22)25(20)32)29(21(19)26)14-11-17-7-9-18(33-3)10-8-17/h4-10,13,15,26H,1,11-12,14H2,2-3H3,(H,27,31)/p+1. The van der Waals surface area contributed by atoms with Crippen molar-refractivity contribution < 1.29 is 14.1 Å². The number of amides is 1. The molecule has 0 spiro atoms. The van der Waals surface area contributed by atoms with Crippen molar-refractivity contribution in [3.63, 3.8) is 0 Å². The first kappa shape index (κ1) is 22.0. The SMILES string of the molecule is C=CCNC(=O)c1cc2c(=O)n3cccc(C)c3nc2[n+](CCc2ccc(OC)cc2)c1N. The highest BCUT2D eigenvalue weighted by molar-refractivity contribution is 6.00. The molecule has 0 radical (unpaired) electrons. The maximum Gasteiger partial charge on any atom is 0.278 e. The molecule has 1 aromatic carbocycles. The van der Waals surface area contributed by atoms with Gasteiger partial charge in [-0.05, 0) is 36.8 Å². The summed E-state index contributed by atoms with van der Waals surface area (Å²) < 4.78 is 8.46. The summed E-state index contributed by atoms with van der Waals surface area (Å²) in [5, 5.41) is 3.06. The molecule has 3 N–H and O–H groups in total. The third-order valence-corrected chi connectivity index (χ3v) is 5.61. The molecule has 0 saturated carbocycles. The van der Waals surface area contributed by atoms with Crippen molar-refractivity contribution in [1.29, 1.82) is 0 Å². The number of aryl methyl sites for hydroxylation is 3. The van der Waals surface area contributed by atoms with Crippen molar-refractivity contribution in [2.45, 2.75) is 19.9 Å². The summed E-state index contributed by atoms with van der Waals surface area (Å²) in [6, 6.07) is 12.9. The summed E-state index contributed by atoms with van der Waals surface area (Å²) in [4.78, 5) is 30.9. The smallest absolute Gasteiger partial charge is 0.278 e. The Morgan fingerprint density at radius 1 is 1.30 bits per heavy atom. The highest BCUT2D eigenvalue weighted by Crippen LogP contribution is 2.17. The van der Waals surface area contributed by atoms with E-state index in [4.69, 9.17) is 15.5 Å². The van der Waals surface area contributed by atoms with Crippen LogP contribution in [0, 0.1) is 6.92 Å². The predicted molar refractivity (Wildman–Crippen MR) is 128 cm³/mol. The van der Waals surface area contributed by atoms with Crippen LogP contribution in [0.1, 0.15) is 21.5 Å². The monoisotopic (exact) mass is 444 g/mol. The average Bonchev–Trinajstić information content (AvgIpc) is 2.83. The summed E-state index contributed by atoms with van der Waals surface area (Å²) in [6.07, 6.45) is 3.88. The number of fused-ring (bicyclic) bond motifs is 2. The highest BCUT2D eigenvalue weighted by atomic mass is 16.5. The third kappa shape index (κ3) is 4.15. The molecule has 0 aliphatic rings. The van der Waals surface area contributed by atoms with Gasteiger partial charge in [0.25, 0.3) is 17.1 Å². The van der Waals surface area contributed by atoms with E-state index in [9.17, 15) is 9.59 Å². The maximum absolute atomic E-state index is 13.3. The van der Waals surface area contributed by atoms with Gasteiger partial charge in [0, 0.05) is 24.7 Å². The molecule has 0 unspecified atom stereocenters. The van der Waals surface area contributed by atoms with E-state index in [1.807, 2.05) is 37.3 Å². The van der Waals surface area contributed by atoms with E-state index in [1.54, 1.807) is 30.0 Å². The van der Waals surface area contributed by atoms with Gasteiger partial charge in [-0.25, -0.2) is 4.57 Å². The van der Waals surface area contributed by atoms with Gasteiger partial charge in [0.15, 0.2) is 0 Å². The molecule has 8 heteroatoms. The second kappa shape index (κ2) is 9.12. The summed E-state index contributed by atoms with van der Waals surface area (Å²) >= 11 is 0. The van der Waals surface area contributed by atoms with E-state index >= 15 is 0 Å². The molecule has 8 nitrogen and oxygen atoms in total. The fraction of sp³-hybridized carbons (Fsp3) is 0.200. The molecular weight excluding hydrogens is 418 g/mol. The number of aromatic nitrogens is 3. The molecule has 0 saturated heterocycles. The summed E-state index contributed by atoms with van der Waals surface area (Å²) in [5.74, 6) is 0.650. The lowest BCUT2D eigenvalue weighted by atomic mass is 10.1. The average molecular weight is 445 g/mol. The van der Waals surface area contributed by atoms with Gasteiger partial charge >= 0.3 is 0 Å². The van der Waals surface area contributed by atoms with Crippen molar-refractivity contribution in [2.24, 2.45) is 0 Å². The minimum Gasteiger partial charge on any atom is -0.497 e. The number of nitrogens with one attached hydrogen (secondary N) is 1. The minimum atomic E-state index is -0.374. The summed E-state index contributed by atoms with van der Waals surface area (Å²) in [6.45, 7) is 6.25. The first-order valence-corrected chi connectivity index (χ1v) is 10.6. The molecule has 4 rings (SSSR count). The van der Waals surface area contributed by atoms with Crippen molar-refractivity contribution >= 4 is 28.4 Å². The molecule has 1 amide bonds. The second-order valence-corrected chi connectivity index (χ2v) is 7.73. The molecule has 4 aromatic rings. The number of carbonyl (C=O) groups is 1. The Morgan fingerprint density at radius 3 is 2.76 bits per heavy atom. The second-order valence-electron chi connectivity index (χ2n) is 7.73. The van der Waals surface area contributed by atoms with E-state index in [0.717, 1.165) is 16.9 Å². The molecule has 3 aromatic heterocycles. The molecule has 0 atom stereocenters. The molecule has 168 valence electrons. The molecule has 0 aliphatic carbocycles. The van der Waals surface area contributed by atoms with Crippen LogP contribution in [0.2, 0.25) is 0 Å². The number of methoxy groups -OCH3 is 1. The van der Waals surface area contributed by atoms with Crippen LogP contribution >= 0.6 is 0 Å². The van der Waals surface area contributed by atoms with Crippen LogP contribution in [0.15, 0.2) is 66.1 Å². The van der Waals surface area contributed by atoms with E-state index < -0.39 is 0 Å². The van der Waals surface area contributed by atoms with Crippen LogP contribution in [-0.4, -0.2) is 28.9 Å². The Morgan fingerprint density at radius 2 is 2.06 bits per heavy atom. The van der Waals surface area contributed by atoms with Gasteiger partial charge in [0.05, 0.1) is 13.7 Å². The molecule has 0 aliphatic heterocycles. The molecular formula is C25H26N5O3+. The quantitative estimate of drug-likeness (QED) is 0.258. The number of benzene rings is 1. The zero-order valence-electron chi connectivity index (χ0n) is 18.7. The highest BCUT2D eigenvalue weighted by Gasteiger charge is 2.24. The summed E-state index contributed by atoms with van der Waals surface area (Å²) in [5.41, 5.74) is 9.37. The van der Waals surface area contributed by atoms with E-state index in [1.165, 1.54) is 10.5 Å². The molecule has 3 heterocycles. The largest absolute Gasteiger partial charge is 0.497 e. The molecule has 0 bridgehead atoms. The van der Waals surface area contributed by atoms with Crippen molar-refractivity contribution in [2.75, 3.05) is 19.4 Å². The number of nitrogens with two attached hydrogens (primary N) is 1. The number of anilines is 1. The van der Waals surface area contributed by atoms with Gasteiger partial charge in [-0.3, -0.25) is 14.0 Å². The third-order valence-electron chi connectivity index (χ3n) is 5.61. The Balaban J connectivity index is 1.90. The van der Waals surface area contributed by atoms with E-state index in [2.05, 4.69) is 11.9 Å². The number of nitrogens with zero attached hydrogens (tertiary/aromatic N) is 3. The fourth-order valence-electron chi connectivity index (χ4n) is 3.81. The number of nitrogen functional groups attached to an aromatic ring is 1. The number of pyridine rings is 2. The zero-order chi connectivity index (χ0) is 23.5. The number of rotatable bonds is 7. The van der Waals surface area contributed by atoms with Crippen LogP contribution in [0.25, 0.3) is 16.7 Å². The Hall–Kier alpha value is -4.20. The fourth-order valence-corrected chi connectivity index (χ4v) is 3.81. The first-order chi connectivity index (χ1) is 15.9. The van der Waals surface area contributed by atoms with Gasteiger partial charge < -0.3 is 15.8 Å². The topological polar surface area (TPSA) is 103 Å². The normalized spacial score (nSPS) is 11.0. The van der Waals surface area contributed by atoms with Gasteiger partial charge in [-0.2, -0.15) is 0 Å². The Kier molecular flexibility index (Phi) is 6.08. The summed E-state index contributed by atoms with van der Waals surface area (Å²) in [7, 11) is 1.62. The zero-order valence-corrected chi connectivity index (χ0v) is 18.7. The van der Waals surface area contributed by atoms with E-state index in [-0.39, 0.29) is 29.4 Å². The predicted octanol–water partition coefficient (Wildman–Crippen LogP) is 2.19. The van der Waals surface area contributed by atoms with Crippen LogP contribution in [-0.2, 0) is 13.0 Å². The molecule has 33 heavy (non-hydrogen) atoms. The lowest BCUT2D eigenvalue weighted by molar-refractivity contribution is -0.658. The van der Waals surface area contributed by atoms with Crippen LogP contribution in [0.5, 0.6) is 5.75 Å². The van der Waals surface area contributed by atoms with Crippen LogP contribution < -0.4 is 25.9 Å². The van der Waals surface area contributed by atoms with Gasteiger partial charge in [0.1, 0.15) is 16.7 Å². The number of carbonyl (C=O) groups excluding carboxylic acids is 1. The Bertz CT molecular complexity index is 1420. The lowest BCUT2D eigenvalue weighted by Crippen LogP contribution is -2.43. The minimum absolute atomic E-state index is 0.227. The van der Waals surface area contributed by atoms with Gasteiger partial charge in [-0.1, -0.05) is 29.3 Å². The Labute approximate surface area is 191 Å². The molecule has 0 fully saturated rings. The van der Waals surface area contributed by atoms with Gasteiger partial charge in [-0.15, -0.1) is 6.58 Å². The first-order valence-electron chi connectivity index (χ1n) is 10.6. The number of ether oxygens (including phenoxy) is 1. The number of hydrogen-bond acceptors (Lipinski definition) is 5. The van der Waals surface area contributed by atoms with Crippen molar-refractivity contribution in [3.8, 4) is 5.75 Å². The van der Waals surface area contributed by atoms with Crippen molar-refractivity contribution in [3.05, 3.63) is 88.4 Å². The van der Waals surface area contributed by atoms with Gasteiger partial charge in [0.2, 0.25) is 11.5 Å². The van der Waals surface area contributed by atoms with Crippen molar-refractivity contribution in [1.82, 2.24) is 14.7 Å². The number of hydrogen-bond donors (Lipinski definition) is 2. The maximum atomic E-state index is 13.3. The van der Waals surface area contributed by atoms with E-state index in [0.29, 0.717) is 29.6 Å².